The van der Waals surface area contributed by atoms with Gasteiger partial charge < -0.3 is 25.8 Å². The van der Waals surface area contributed by atoms with E-state index in [1.54, 1.807) is 5.38 Å². The number of oxime groups is 1. The van der Waals surface area contributed by atoms with Gasteiger partial charge in [0.2, 0.25) is 0 Å². The van der Waals surface area contributed by atoms with Crippen LogP contribution in [0, 0.1) is 0 Å². The average Bonchev–Trinajstić information content (AvgIpc) is 3.34. The van der Waals surface area contributed by atoms with Gasteiger partial charge in [-0.05, 0) is 25.3 Å². The van der Waals surface area contributed by atoms with E-state index < -0.39 is 39.6 Å². The number of nitrogens with two attached hydrogens (primary N) is 1. The molecule has 2 atom stereocenters. The Morgan fingerprint density at radius 3 is 2.68 bits per heavy atom. The second kappa shape index (κ2) is 12.5. The fourth-order valence-electron chi connectivity index (χ4n) is 4.82. The Labute approximate surface area is 242 Å². The molecule has 5 N–H and O–H groups in total. The van der Waals surface area contributed by atoms with Gasteiger partial charge in [-0.1, -0.05) is 5.16 Å². The summed E-state index contributed by atoms with van der Waals surface area (Å²) in [5.41, 5.74) is 8.72. The van der Waals surface area contributed by atoms with E-state index in [-0.39, 0.29) is 22.2 Å². The number of nitrogens with zero attached hydrogens (tertiary/aromatic N) is 4. The standard InChI is InChI=1S/C23H24N6O5S2.H2O4S/c1-34-27-16(14-11-36-23(24)25-14)19(30)26-17-20(31)29-18(22(32)33)13(10-35-21(17)29)9-28-8-4-6-12-5-2-3-7-15(12)28;1-5(2,3)4/h4,6,8,11,17,21H,2-3,5,7,9-10H2,1H3,(H3-,24,25,26,30,32,33);(H2,1,2,3,4). The van der Waals surface area contributed by atoms with Crippen LogP contribution < -0.4 is 20.7 Å². The number of nitrogens with one attached hydrogen (secondary N) is 1. The molecule has 5 rings (SSSR count). The molecule has 4 heterocycles. The molecule has 220 valence electrons. The zero-order chi connectivity index (χ0) is 29.9. The molecule has 1 saturated heterocycles. The Kier molecular flexibility index (Phi) is 9.27. The summed E-state index contributed by atoms with van der Waals surface area (Å²) in [6.07, 6.45) is 6.13. The van der Waals surface area contributed by atoms with Crippen molar-refractivity contribution in [3.05, 3.63) is 51.9 Å². The molecule has 0 saturated carbocycles. The number of hydrogen-bond acceptors (Lipinski definition) is 12. The topological polar surface area (TPSA) is 229 Å². The molecule has 3 aliphatic rings. The first-order chi connectivity index (χ1) is 19.4. The van der Waals surface area contributed by atoms with Crippen molar-refractivity contribution < 1.29 is 46.4 Å². The van der Waals surface area contributed by atoms with Crippen LogP contribution in [0.1, 0.15) is 29.8 Å². The number of anilines is 1. The maximum Gasteiger partial charge on any atom is 0.394 e. The van der Waals surface area contributed by atoms with Crippen molar-refractivity contribution >= 4 is 62.1 Å². The number of carbonyl (C=O) groups excluding carboxylic acids is 3. The first-order valence-electron chi connectivity index (χ1n) is 12.1. The Balaban J connectivity index is 0.000000714. The van der Waals surface area contributed by atoms with E-state index >= 15 is 0 Å². The molecular weight excluding hydrogens is 600 g/mol. The van der Waals surface area contributed by atoms with Gasteiger partial charge in [0.15, 0.2) is 29.3 Å². The monoisotopic (exact) mass is 626 g/mol. The Morgan fingerprint density at radius 2 is 2.05 bits per heavy atom. The van der Waals surface area contributed by atoms with Gasteiger partial charge in [-0.25, -0.2) is 4.98 Å². The van der Waals surface area contributed by atoms with Crippen LogP contribution in [-0.2, 0) is 49.0 Å². The summed E-state index contributed by atoms with van der Waals surface area (Å²) in [7, 11) is -3.38. The summed E-state index contributed by atoms with van der Waals surface area (Å²) < 4.78 is 33.7. The summed E-state index contributed by atoms with van der Waals surface area (Å²) in [5.74, 6) is -2.20. The zero-order valence-electron chi connectivity index (χ0n) is 21.5. The van der Waals surface area contributed by atoms with E-state index in [0.717, 1.165) is 37.0 Å². The van der Waals surface area contributed by atoms with Gasteiger partial charge in [-0.2, -0.15) is 13.0 Å². The number of thiazole rings is 1. The van der Waals surface area contributed by atoms with E-state index in [0.29, 0.717) is 17.9 Å². The minimum absolute atomic E-state index is 0.117. The zero-order valence-corrected chi connectivity index (χ0v) is 24.0. The van der Waals surface area contributed by atoms with Gasteiger partial charge in [-0.3, -0.25) is 23.6 Å². The Hall–Kier alpha value is -3.58. The molecule has 18 heteroatoms. The third kappa shape index (κ3) is 7.02. The number of hydrogen-bond donors (Lipinski definition) is 4. The van der Waals surface area contributed by atoms with Crippen molar-refractivity contribution in [1.82, 2.24) is 15.2 Å². The highest BCUT2D eigenvalue weighted by atomic mass is 32.3. The van der Waals surface area contributed by atoms with Gasteiger partial charge in [0, 0.05) is 34.8 Å². The smallest absolute Gasteiger partial charge is 0.394 e. The lowest BCUT2D eigenvalue weighted by Crippen LogP contribution is -2.71. The third-order valence-corrected chi connectivity index (χ3v) is 8.45. The first-order valence-corrected chi connectivity index (χ1v) is 15.4. The van der Waals surface area contributed by atoms with E-state index in [4.69, 9.17) is 28.1 Å². The van der Waals surface area contributed by atoms with Gasteiger partial charge in [-0.15, -0.1) is 23.1 Å². The third-order valence-electron chi connectivity index (χ3n) is 6.44. The van der Waals surface area contributed by atoms with Gasteiger partial charge >= 0.3 is 10.4 Å². The van der Waals surface area contributed by atoms with E-state index in [1.807, 2.05) is 12.3 Å². The minimum atomic E-state index is -4.67. The van der Waals surface area contributed by atoms with Crippen LogP contribution in [0.2, 0.25) is 0 Å². The minimum Gasteiger partial charge on any atom is -0.543 e. The lowest BCUT2D eigenvalue weighted by atomic mass is 9.95. The number of pyridine rings is 1. The van der Waals surface area contributed by atoms with E-state index in [9.17, 15) is 19.5 Å². The Bertz CT molecular complexity index is 1530. The fraction of sp³-hybridized carbons (Fsp3) is 0.391. The van der Waals surface area contributed by atoms with Crippen molar-refractivity contribution in [2.75, 3.05) is 18.6 Å². The second-order valence-corrected chi connectivity index (χ2v) is 11.9. The summed E-state index contributed by atoms with van der Waals surface area (Å²) in [4.78, 5) is 48.2. The van der Waals surface area contributed by atoms with Gasteiger partial charge in [0.1, 0.15) is 24.2 Å². The first kappa shape index (κ1) is 30.4. The maximum absolute atomic E-state index is 13.1. The average molecular weight is 627 g/mol. The fourth-order valence-corrected chi connectivity index (χ4v) is 6.71. The van der Waals surface area contributed by atoms with Gasteiger partial charge in [0.25, 0.3) is 11.8 Å². The molecule has 1 fully saturated rings. The summed E-state index contributed by atoms with van der Waals surface area (Å²) in [6, 6.07) is 3.16. The van der Waals surface area contributed by atoms with Crippen molar-refractivity contribution in [3.63, 3.8) is 0 Å². The predicted molar refractivity (Wildman–Crippen MR) is 145 cm³/mol. The van der Waals surface area contributed by atoms with Crippen LogP contribution in [0.15, 0.2) is 40.1 Å². The molecule has 0 bridgehead atoms. The molecule has 2 aromatic rings. The number of carboxylic acids is 1. The number of aromatic nitrogens is 2. The van der Waals surface area contributed by atoms with Crippen molar-refractivity contribution in [3.8, 4) is 0 Å². The van der Waals surface area contributed by atoms with Crippen LogP contribution in [-0.4, -0.2) is 75.2 Å². The second-order valence-electron chi connectivity index (χ2n) is 9.06. The highest BCUT2D eigenvalue weighted by Crippen LogP contribution is 2.40. The summed E-state index contributed by atoms with van der Waals surface area (Å²) in [5, 5.41) is 19.8. The van der Waals surface area contributed by atoms with Crippen LogP contribution in [0.25, 0.3) is 0 Å². The van der Waals surface area contributed by atoms with Crippen molar-refractivity contribution in [1.29, 1.82) is 0 Å². The number of fused-ring (bicyclic) bond motifs is 2. The number of amides is 2. The molecule has 2 amide bonds. The lowest BCUT2D eigenvalue weighted by molar-refractivity contribution is -0.697. The normalized spacial score (nSPS) is 20.2. The molecule has 2 aliphatic heterocycles. The number of carboxylic acid groups (broad SMARTS) is 1. The number of carbonyl (C=O) groups is 3. The molecule has 1 aliphatic carbocycles. The molecule has 15 nitrogen and oxygen atoms in total. The maximum atomic E-state index is 13.1. The van der Waals surface area contributed by atoms with E-state index in [1.165, 1.54) is 35.0 Å². The van der Waals surface area contributed by atoms with E-state index in [2.05, 4.69) is 26.1 Å². The summed E-state index contributed by atoms with van der Waals surface area (Å²) in [6.45, 7) is 0.364. The number of thioether (sulfide) groups is 1. The van der Waals surface area contributed by atoms with Crippen LogP contribution in [0.5, 0.6) is 0 Å². The number of β-lactam (4-membered cyclic amide) rings is 1. The molecule has 2 unspecified atom stereocenters. The van der Waals surface area contributed by atoms with Crippen LogP contribution >= 0.6 is 23.1 Å². The number of nitrogen functional groups attached to an aromatic ring is 1. The molecular formula is C23H26N6O9S3. The largest absolute Gasteiger partial charge is 0.543 e. The summed E-state index contributed by atoms with van der Waals surface area (Å²) >= 11 is 2.54. The SMILES string of the molecule is CON=C(C(=O)NC1C(=O)N2C(C(=O)[O-])=C(C[n+]3cccc4c3CCCC4)CSC12)c1csc(N)n1.O=S(=O)(O)O. The highest BCUT2D eigenvalue weighted by Gasteiger charge is 2.53. The molecule has 0 radical (unpaired) electrons. The highest BCUT2D eigenvalue weighted by molar-refractivity contribution is 8.00. The van der Waals surface area contributed by atoms with Crippen LogP contribution in [0.4, 0.5) is 5.13 Å². The molecule has 0 spiro atoms. The number of rotatable bonds is 7. The molecule has 2 aromatic heterocycles. The molecule has 0 aromatic carbocycles. The molecule has 41 heavy (non-hydrogen) atoms. The van der Waals surface area contributed by atoms with Gasteiger partial charge in [0.05, 0.1) is 11.7 Å². The lowest BCUT2D eigenvalue weighted by Gasteiger charge is -2.50. The van der Waals surface area contributed by atoms with Crippen molar-refractivity contribution in [2.45, 2.75) is 43.6 Å². The predicted octanol–water partition coefficient (Wildman–Crippen LogP) is -1.31. The number of aliphatic carboxylic acids is 1. The Morgan fingerprint density at radius 1 is 1.34 bits per heavy atom. The van der Waals surface area contributed by atoms with Crippen molar-refractivity contribution in [2.24, 2.45) is 5.16 Å². The number of aryl methyl sites for hydroxylation is 1. The quantitative estimate of drug-likeness (QED) is 0.0924. The van der Waals surface area contributed by atoms with Crippen LogP contribution in [0.3, 0.4) is 0 Å².